The van der Waals surface area contributed by atoms with Crippen molar-refractivity contribution in [2.75, 3.05) is 32.8 Å². The Hall–Kier alpha value is -1.49. The van der Waals surface area contributed by atoms with E-state index in [0.29, 0.717) is 5.41 Å². The van der Waals surface area contributed by atoms with E-state index in [0.717, 1.165) is 57.4 Å². The van der Waals surface area contributed by atoms with Gasteiger partial charge in [-0.3, -0.25) is 4.99 Å². The van der Waals surface area contributed by atoms with E-state index < -0.39 is 0 Å². The molecule has 1 aliphatic rings. The molecule has 0 aromatic carbocycles. The summed E-state index contributed by atoms with van der Waals surface area (Å²) in [6.45, 7) is 8.38. The van der Waals surface area contributed by atoms with Crippen molar-refractivity contribution in [3.63, 3.8) is 0 Å². The van der Waals surface area contributed by atoms with Gasteiger partial charge in [-0.15, -0.1) is 0 Å². The number of hydrogen-bond acceptors (Lipinski definition) is 3. The highest BCUT2D eigenvalue weighted by Crippen LogP contribution is 2.48. The first-order valence-electron chi connectivity index (χ1n) is 8.40. The van der Waals surface area contributed by atoms with Crippen LogP contribution in [0.5, 0.6) is 0 Å². The van der Waals surface area contributed by atoms with E-state index in [1.165, 1.54) is 12.8 Å². The Kier molecular flexibility index (Phi) is 6.77. The molecule has 1 heterocycles. The molecule has 2 N–H and O–H groups in total. The number of nitrogens with zero attached hydrogens (tertiary/aromatic N) is 1. The molecule has 0 bridgehead atoms. The summed E-state index contributed by atoms with van der Waals surface area (Å²) < 4.78 is 10.8. The van der Waals surface area contributed by atoms with E-state index in [-0.39, 0.29) is 0 Å². The average molecular weight is 307 g/mol. The van der Waals surface area contributed by atoms with Crippen molar-refractivity contribution < 1.29 is 9.15 Å². The van der Waals surface area contributed by atoms with Crippen molar-refractivity contribution in [2.24, 2.45) is 10.4 Å². The molecule has 1 aliphatic carbocycles. The maximum Gasteiger partial charge on any atom is 0.191 e. The molecule has 1 fully saturated rings. The zero-order valence-corrected chi connectivity index (χ0v) is 13.9. The van der Waals surface area contributed by atoms with Crippen molar-refractivity contribution in [3.8, 4) is 0 Å². The summed E-state index contributed by atoms with van der Waals surface area (Å²) in [5.74, 6) is 1.90. The summed E-state index contributed by atoms with van der Waals surface area (Å²) in [5.41, 5.74) is 0.387. The number of rotatable bonds is 10. The summed E-state index contributed by atoms with van der Waals surface area (Å²) in [4.78, 5) is 4.75. The quantitative estimate of drug-likeness (QED) is 0.396. The molecule has 0 aliphatic heterocycles. The summed E-state index contributed by atoms with van der Waals surface area (Å²) in [6, 6.07) is 3.92. The second-order valence-corrected chi connectivity index (χ2v) is 5.90. The van der Waals surface area contributed by atoms with Gasteiger partial charge in [-0.2, -0.15) is 0 Å². The minimum Gasteiger partial charge on any atom is -0.469 e. The predicted molar refractivity (Wildman–Crippen MR) is 89.2 cm³/mol. The molecule has 2 rings (SSSR count). The molecule has 0 spiro atoms. The van der Waals surface area contributed by atoms with Crippen molar-refractivity contribution in [2.45, 2.75) is 39.5 Å². The lowest BCUT2D eigenvalue weighted by molar-refractivity contribution is 0.129. The van der Waals surface area contributed by atoms with E-state index in [4.69, 9.17) is 14.1 Å². The molecule has 0 unspecified atom stereocenters. The summed E-state index contributed by atoms with van der Waals surface area (Å²) in [5, 5.41) is 6.68. The maximum atomic E-state index is 5.48. The van der Waals surface area contributed by atoms with Gasteiger partial charge in [0.15, 0.2) is 5.96 Å². The van der Waals surface area contributed by atoms with Gasteiger partial charge < -0.3 is 19.8 Å². The first kappa shape index (κ1) is 16.9. The third-order valence-electron chi connectivity index (χ3n) is 4.10. The summed E-state index contributed by atoms with van der Waals surface area (Å²) >= 11 is 0. The topological polar surface area (TPSA) is 58.8 Å². The van der Waals surface area contributed by atoms with Crippen LogP contribution in [0.4, 0.5) is 0 Å². The Morgan fingerprint density at radius 1 is 1.36 bits per heavy atom. The van der Waals surface area contributed by atoms with Crippen LogP contribution in [0.15, 0.2) is 27.8 Å². The van der Waals surface area contributed by atoms with Gasteiger partial charge in [-0.1, -0.05) is 0 Å². The van der Waals surface area contributed by atoms with E-state index in [1.54, 1.807) is 6.26 Å². The highest BCUT2D eigenvalue weighted by molar-refractivity contribution is 5.79. The fourth-order valence-corrected chi connectivity index (χ4v) is 2.44. The van der Waals surface area contributed by atoms with Crippen LogP contribution in [-0.4, -0.2) is 38.8 Å². The van der Waals surface area contributed by atoms with Gasteiger partial charge in [-0.05, 0) is 50.7 Å². The summed E-state index contributed by atoms with van der Waals surface area (Å²) in [7, 11) is 0. The van der Waals surface area contributed by atoms with Crippen LogP contribution in [0.25, 0.3) is 0 Å². The molecular formula is C17H29N3O2. The van der Waals surface area contributed by atoms with Gasteiger partial charge in [0.05, 0.1) is 6.26 Å². The maximum absolute atomic E-state index is 5.48. The van der Waals surface area contributed by atoms with Crippen molar-refractivity contribution in [1.82, 2.24) is 10.6 Å². The van der Waals surface area contributed by atoms with Gasteiger partial charge in [0.25, 0.3) is 0 Å². The molecule has 0 atom stereocenters. The Morgan fingerprint density at radius 2 is 2.23 bits per heavy atom. The molecule has 124 valence electrons. The molecule has 5 nitrogen and oxygen atoms in total. The van der Waals surface area contributed by atoms with Crippen molar-refractivity contribution in [1.29, 1.82) is 0 Å². The predicted octanol–water partition coefficient (Wildman–Crippen LogP) is 2.58. The van der Waals surface area contributed by atoms with Gasteiger partial charge in [0.2, 0.25) is 0 Å². The zero-order valence-electron chi connectivity index (χ0n) is 13.9. The van der Waals surface area contributed by atoms with Crippen LogP contribution < -0.4 is 10.6 Å². The SMILES string of the molecule is CCNC(=NCC1(CCOCC)CC1)NCCc1ccco1. The monoisotopic (exact) mass is 307 g/mol. The second-order valence-electron chi connectivity index (χ2n) is 5.90. The first-order chi connectivity index (χ1) is 10.8. The van der Waals surface area contributed by atoms with Crippen LogP contribution in [0.2, 0.25) is 0 Å². The van der Waals surface area contributed by atoms with E-state index >= 15 is 0 Å². The van der Waals surface area contributed by atoms with Gasteiger partial charge >= 0.3 is 0 Å². The Balaban J connectivity index is 1.74. The molecule has 1 aromatic heterocycles. The molecule has 1 aromatic rings. The smallest absolute Gasteiger partial charge is 0.191 e. The minimum atomic E-state index is 0.387. The van der Waals surface area contributed by atoms with E-state index in [2.05, 4.69) is 17.6 Å². The highest BCUT2D eigenvalue weighted by atomic mass is 16.5. The third-order valence-corrected chi connectivity index (χ3v) is 4.10. The standard InChI is InChI=1S/C17H29N3O2/c1-3-18-16(19-11-7-15-6-5-12-22-15)20-14-17(8-9-17)10-13-21-4-2/h5-6,12H,3-4,7-11,13-14H2,1-2H3,(H2,18,19,20). The largest absolute Gasteiger partial charge is 0.469 e. The Bertz CT molecular complexity index is 439. The van der Waals surface area contributed by atoms with Gasteiger partial charge in [-0.25, -0.2) is 0 Å². The van der Waals surface area contributed by atoms with Crippen LogP contribution in [0.3, 0.4) is 0 Å². The van der Waals surface area contributed by atoms with Crippen LogP contribution in [0, 0.1) is 5.41 Å². The number of hydrogen-bond donors (Lipinski definition) is 2. The summed E-state index contributed by atoms with van der Waals surface area (Å²) in [6.07, 6.45) is 6.25. The van der Waals surface area contributed by atoms with Gasteiger partial charge in [0.1, 0.15) is 5.76 Å². The fourth-order valence-electron chi connectivity index (χ4n) is 2.44. The lowest BCUT2D eigenvalue weighted by Crippen LogP contribution is -2.38. The first-order valence-corrected chi connectivity index (χ1v) is 8.40. The number of aliphatic imine (C=N–C) groups is 1. The normalized spacial score (nSPS) is 16.5. The average Bonchev–Trinajstić information content (AvgIpc) is 3.09. The van der Waals surface area contributed by atoms with E-state index in [1.807, 2.05) is 19.1 Å². The van der Waals surface area contributed by atoms with Crippen LogP contribution in [0.1, 0.15) is 38.9 Å². The second kappa shape index (κ2) is 8.83. The lowest BCUT2D eigenvalue weighted by Gasteiger charge is -2.15. The minimum absolute atomic E-state index is 0.387. The lowest BCUT2D eigenvalue weighted by atomic mass is 10.0. The number of nitrogens with one attached hydrogen (secondary N) is 2. The van der Waals surface area contributed by atoms with Crippen molar-refractivity contribution in [3.05, 3.63) is 24.2 Å². The van der Waals surface area contributed by atoms with Crippen LogP contribution in [-0.2, 0) is 11.2 Å². The third kappa shape index (κ3) is 5.72. The van der Waals surface area contributed by atoms with Gasteiger partial charge in [0, 0.05) is 39.3 Å². The molecule has 22 heavy (non-hydrogen) atoms. The zero-order chi connectivity index (χ0) is 15.7. The molecule has 0 radical (unpaired) electrons. The molecular weight excluding hydrogens is 278 g/mol. The molecule has 1 saturated carbocycles. The molecule has 0 amide bonds. The fraction of sp³-hybridized carbons (Fsp3) is 0.706. The Labute approximate surface area is 133 Å². The van der Waals surface area contributed by atoms with Crippen molar-refractivity contribution >= 4 is 5.96 Å². The molecule has 5 heteroatoms. The van der Waals surface area contributed by atoms with E-state index in [9.17, 15) is 0 Å². The van der Waals surface area contributed by atoms with Crippen LogP contribution >= 0.6 is 0 Å². The number of furan rings is 1. The highest BCUT2D eigenvalue weighted by Gasteiger charge is 2.41. The number of guanidine groups is 1. The number of ether oxygens (including phenoxy) is 1. The molecule has 0 saturated heterocycles. The Morgan fingerprint density at radius 3 is 2.86 bits per heavy atom.